The molecular formula is C43H49NO12. The maximum atomic E-state index is 12.9. The van der Waals surface area contributed by atoms with Crippen molar-refractivity contribution in [3.63, 3.8) is 0 Å². The van der Waals surface area contributed by atoms with Crippen molar-refractivity contribution < 1.29 is 53.5 Å². The minimum Gasteiger partial charge on any atom is -0.493 e. The lowest BCUT2D eigenvalue weighted by Crippen LogP contribution is -2.63. The van der Waals surface area contributed by atoms with E-state index >= 15 is 0 Å². The van der Waals surface area contributed by atoms with Crippen LogP contribution in [0.15, 0.2) is 48.0 Å². The molecule has 56 heavy (non-hydrogen) atoms. The number of fused-ring (bicyclic) bond motifs is 2. The molecule has 2 aliphatic rings. The van der Waals surface area contributed by atoms with Crippen LogP contribution in [0.3, 0.4) is 0 Å². The number of nitro benzene ring substituents is 1. The quantitative estimate of drug-likeness (QED) is 0.0505. The van der Waals surface area contributed by atoms with Crippen LogP contribution in [0.4, 0.5) is 5.69 Å². The number of carbonyl (C=O) groups is 1. The molecule has 0 radical (unpaired) electrons. The first-order valence-corrected chi connectivity index (χ1v) is 18.1. The van der Waals surface area contributed by atoms with E-state index in [1.165, 1.54) is 20.3 Å². The van der Waals surface area contributed by atoms with Crippen molar-refractivity contribution in [1.29, 1.82) is 0 Å². The molecule has 0 spiro atoms. The number of aliphatic carboxylic acids is 1. The number of nitro groups is 1. The number of ether oxygens (including phenoxy) is 6. The molecule has 5 atom stereocenters. The summed E-state index contributed by atoms with van der Waals surface area (Å²) < 4.78 is 35.2. The van der Waals surface area contributed by atoms with Gasteiger partial charge in [0.2, 0.25) is 6.10 Å². The van der Waals surface area contributed by atoms with E-state index in [4.69, 9.17) is 34.8 Å². The monoisotopic (exact) mass is 771 g/mol. The fraction of sp³-hybridized carbons (Fsp3) is 0.419. The molecule has 2 unspecified atom stereocenters. The molecule has 13 nitrogen and oxygen atoms in total. The van der Waals surface area contributed by atoms with Crippen molar-refractivity contribution in [2.75, 3.05) is 27.9 Å². The van der Waals surface area contributed by atoms with Gasteiger partial charge >= 0.3 is 5.97 Å². The van der Waals surface area contributed by atoms with Gasteiger partial charge in [-0.25, -0.2) is 4.79 Å². The van der Waals surface area contributed by atoms with E-state index in [-0.39, 0.29) is 48.2 Å². The van der Waals surface area contributed by atoms with Crippen LogP contribution in [0.1, 0.15) is 75.0 Å². The van der Waals surface area contributed by atoms with Crippen LogP contribution >= 0.6 is 0 Å². The number of aliphatic hydroxyl groups excluding tert-OH is 2. The second kappa shape index (κ2) is 16.6. The number of hydrogen-bond acceptors (Lipinski definition) is 11. The number of carboxylic acid groups (broad SMARTS) is 1. The maximum Gasteiger partial charge on any atom is 0.349 e. The van der Waals surface area contributed by atoms with Crippen LogP contribution in [0.25, 0.3) is 12.2 Å². The molecule has 5 rings (SSSR count). The fourth-order valence-corrected chi connectivity index (χ4v) is 7.82. The van der Waals surface area contributed by atoms with Crippen LogP contribution in [0.5, 0.6) is 34.5 Å². The number of aliphatic hydroxyl groups is 2. The summed E-state index contributed by atoms with van der Waals surface area (Å²) in [5.41, 5.74) is 1.46. The van der Waals surface area contributed by atoms with E-state index in [0.29, 0.717) is 34.8 Å². The Labute approximate surface area is 326 Å². The molecule has 0 saturated heterocycles. The molecule has 1 fully saturated rings. The van der Waals surface area contributed by atoms with Crippen molar-refractivity contribution in [2.24, 2.45) is 11.3 Å². The minimum absolute atomic E-state index is 0.0478. The Balaban J connectivity index is 1.62. The lowest BCUT2D eigenvalue weighted by atomic mass is 9.57. The van der Waals surface area contributed by atoms with Gasteiger partial charge in [-0.05, 0) is 80.6 Å². The van der Waals surface area contributed by atoms with Crippen molar-refractivity contribution in [2.45, 2.75) is 77.8 Å². The summed E-state index contributed by atoms with van der Waals surface area (Å²) in [6.45, 7) is 9.57. The molecule has 3 aromatic carbocycles. The zero-order valence-corrected chi connectivity index (χ0v) is 32.9. The van der Waals surface area contributed by atoms with Gasteiger partial charge in [-0.15, -0.1) is 6.42 Å². The fourth-order valence-electron chi connectivity index (χ4n) is 7.82. The Bertz CT molecular complexity index is 2090. The third-order valence-corrected chi connectivity index (χ3v) is 10.7. The summed E-state index contributed by atoms with van der Waals surface area (Å²) in [4.78, 5) is 24.4. The lowest BCUT2D eigenvalue weighted by Gasteiger charge is -2.56. The number of carboxylic acids is 1. The number of hydrogen-bond donors (Lipinski definition) is 3. The van der Waals surface area contributed by atoms with E-state index in [1.54, 1.807) is 25.3 Å². The summed E-state index contributed by atoms with van der Waals surface area (Å²) in [6.07, 6.45) is 8.52. The van der Waals surface area contributed by atoms with Gasteiger partial charge in [0, 0.05) is 23.3 Å². The standard InChI is InChI=1S/C43H49NO12/c1-10-15-54-32-17-26(13-12-25-16-27-20-37-42(4,5)40(46)31(45)23-43(37,6)56-38(27)36(19-25)53-9)18-33(28(32)14-11-24(2)3)55-39(41(47)48)29-21-34(51-7)35(52-8)22-30(29)44(49)50/h1,11-13,16-19,21-22,31,37,39-40,45-46H,14-15,20,23H2,2-9H3,(H,47,48)/b13-12+/t31-,37?,39?,40-,43-/m1/s1. The number of allylic oxidation sites excluding steroid dienone is 2. The molecular weight excluding hydrogens is 722 g/mol. The van der Waals surface area contributed by atoms with Gasteiger partial charge in [0.05, 0.1) is 50.1 Å². The van der Waals surface area contributed by atoms with Crippen LogP contribution < -0.4 is 28.4 Å². The van der Waals surface area contributed by atoms with Gasteiger partial charge in [-0.1, -0.05) is 43.6 Å². The molecule has 298 valence electrons. The van der Waals surface area contributed by atoms with Crippen LogP contribution in [0.2, 0.25) is 0 Å². The topological polar surface area (TPSA) is 176 Å². The van der Waals surface area contributed by atoms with Gasteiger partial charge in [0.1, 0.15) is 23.7 Å². The molecule has 1 heterocycles. The van der Waals surface area contributed by atoms with E-state index in [0.717, 1.165) is 22.8 Å². The summed E-state index contributed by atoms with van der Waals surface area (Å²) >= 11 is 0. The van der Waals surface area contributed by atoms with Gasteiger partial charge in [-0.2, -0.15) is 0 Å². The van der Waals surface area contributed by atoms with E-state index < -0.39 is 45.9 Å². The average Bonchev–Trinajstić information content (AvgIpc) is 3.15. The second-order valence-corrected chi connectivity index (χ2v) is 15.1. The molecule has 13 heteroatoms. The molecule has 3 N–H and O–H groups in total. The Morgan fingerprint density at radius 2 is 1.59 bits per heavy atom. The lowest BCUT2D eigenvalue weighted by molar-refractivity contribution is -0.386. The van der Waals surface area contributed by atoms with Crippen LogP contribution in [-0.4, -0.2) is 72.0 Å². The predicted octanol–water partition coefficient (Wildman–Crippen LogP) is 6.98. The number of rotatable bonds is 14. The second-order valence-electron chi connectivity index (χ2n) is 15.1. The normalized spacial score (nSPS) is 21.3. The van der Waals surface area contributed by atoms with Gasteiger partial charge in [0.15, 0.2) is 23.0 Å². The van der Waals surface area contributed by atoms with Crippen LogP contribution in [0, 0.1) is 33.8 Å². The number of methoxy groups -OCH3 is 3. The first kappa shape index (κ1) is 41.5. The molecule has 0 bridgehead atoms. The van der Waals surface area contributed by atoms with Crippen molar-refractivity contribution in [3.8, 4) is 46.8 Å². The Hall–Kier alpha value is -5.71. The third-order valence-electron chi connectivity index (χ3n) is 10.7. The van der Waals surface area contributed by atoms with E-state index in [2.05, 4.69) is 5.92 Å². The molecule has 1 aliphatic carbocycles. The smallest absolute Gasteiger partial charge is 0.349 e. The Morgan fingerprint density at radius 1 is 0.982 bits per heavy atom. The van der Waals surface area contributed by atoms with Crippen molar-refractivity contribution in [3.05, 3.63) is 86.0 Å². The molecule has 0 amide bonds. The first-order chi connectivity index (χ1) is 26.5. The van der Waals surface area contributed by atoms with Crippen molar-refractivity contribution >= 4 is 23.8 Å². The van der Waals surface area contributed by atoms with E-state index in [1.807, 2.05) is 58.9 Å². The molecule has 3 aromatic rings. The van der Waals surface area contributed by atoms with Gasteiger partial charge in [-0.3, -0.25) is 10.1 Å². The predicted molar refractivity (Wildman–Crippen MR) is 210 cm³/mol. The summed E-state index contributed by atoms with van der Waals surface area (Å²) in [5.74, 6) is 2.51. The molecule has 1 aliphatic heterocycles. The van der Waals surface area contributed by atoms with Gasteiger partial charge < -0.3 is 43.7 Å². The first-order valence-electron chi connectivity index (χ1n) is 18.1. The van der Waals surface area contributed by atoms with Crippen LogP contribution in [-0.2, 0) is 17.6 Å². The largest absolute Gasteiger partial charge is 0.493 e. The highest BCUT2D eigenvalue weighted by Gasteiger charge is 2.58. The Morgan fingerprint density at radius 3 is 2.18 bits per heavy atom. The highest BCUT2D eigenvalue weighted by Crippen LogP contribution is 2.55. The van der Waals surface area contributed by atoms with Gasteiger partial charge in [0.25, 0.3) is 5.69 Å². The third kappa shape index (κ3) is 8.27. The highest BCUT2D eigenvalue weighted by molar-refractivity contribution is 5.78. The molecule has 0 aromatic heterocycles. The summed E-state index contributed by atoms with van der Waals surface area (Å²) in [6, 6.07) is 9.51. The Kier molecular flexibility index (Phi) is 12.3. The minimum atomic E-state index is -1.85. The maximum absolute atomic E-state index is 12.9. The average molecular weight is 772 g/mol. The summed E-state index contributed by atoms with van der Waals surface area (Å²) in [7, 11) is 4.20. The zero-order chi connectivity index (χ0) is 41.1. The van der Waals surface area contributed by atoms with Crippen molar-refractivity contribution in [1.82, 2.24) is 0 Å². The summed E-state index contributed by atoms with van der Waals surface area (Å²) in [5, 5.41) is 44.3. The SMILES string of the molecule is C#CCOc1cc(/C=C/c2cc3c(c(OC)c2)O[C@]2(C)C[C@@H](O)[C@@H](O)C(C)(C)C2C3)cc(OC(C(=O)O)c2cc(OC)c(OC)cc2[N+](=O)[O-])c1CC=C(C)C. The molecule has 1 saturated carbocycles. The number of terminal acetylenes is 1. The zero-order valence-electron chi connectivity index (χ0n) is 32.9. The number of nitrogens with zero attached hydrogens (tertiary/aromatic N) is 1. The number of benzene rings is 3. The van der Waals surface area contributed by atoms with E-state index in [9.17, 15) is 30.2 Å². The highest BCUT2D eigenvalue weighted by atomic mass is 16.6.